The normalized spacial score (nSPS) is 26.9. The van der Waals surface area contributed by atoms with Gasteiger partial charge in [-0.1, -0.05) is 26.7 Å². The van der Waals surface area contributed by atoms with Crippen LogP contribution in [0.3, 0.4) is 0 Å². The van der Waals surface area contributed by atoms with E-state index in [1.807, 2.05) is 13.8 Å². The molecular weight excluding hydrogens is 476 g/mol. The molecule has 2 aromatic heterocycles. The molecule has 13 heteroatoms. The number of halogens is 2. The number of ether oxygens (including phenoxy) is 3. The molecule has 2 saturated heterocycles. The molecule has 1 saturated carbocycles. The minimum absolute atomic E-state index is 0.0175. The highest BCUT2D eigenvalue weighted by molar-refractivity contribution is 7.46. The summed E-state index contributed by atoms with van der Waals surface area (Å²) >= 11 is 6.15. The van der Waals surface area contributed by atoms with Crippen molar-refractivity contribution in [1.82, 2.24) is 19.7 Å². The predicted octanol–water partition coefficient (Wildman–Crippen LogP) is 3.53. The van der Waals surface area contributed by atoms with Crippen molar-refractivity contribution in [2.24, 2.45) is 0 Å². The van der Waals surface area contributed by atoms with E-state index in [0.717, 1.165) is 12.8 Å². The fourth-order valence-electron chi connectivity index (χ4n) is 4.26. The van der Waals surface area contributed by atoms with E-state index in [9.17, 15) is 14.2 Å². The first kappa shape index (κ1) is 24.9. The summed E-state index contributed by atoms with van der Waals surface area (Å²) in [6.07, 6.45) is 3.25. The molecule has 1 aliphatic carbocycles. The first-order chi connectivity index (χ1) is 15.9. The maximum absolute atomic E-state index is 14.9. The van der Waals surface area contributed by atoms with Crippen LogP contribution in [0.2, 0.25) is 5.28 Å². The molecule has 3 aliphatic rings. The number of nitrogens with zero attached hydrogens (tertiary/aromatic N) is 4. The summed E-state index contributed by atoms with van der Waals surface area (Å²) in [6.45, 7) is 4.21. The molecular formula is C20H30ClFN5O5P. The van der Waals surface area contributed by atoms with Crippen molar-refractivity contribution in [2.75, 3.05) is 25.1 Å². The fourth-order valence-corrected chi connectivity index (χ4v) is 5.03. The van der Waals surface area contributed by atoms with Gasteiger partial charge in [-0.25, -0.2) is 9.07 Å². The molecule has 33 heavy (non-hydrogen) atoms. The molecule has 3 unspecified atom stereocenters. The zero-order chi connectivity index (χ0) is 23.6. The Morgan fingerprint density at radius 2 is 2.03 bits per heavy atom. The lowest BCUT2D eigenvalue weighted by Crippen LogP contribution is -2.51. The lowest BCUT2D eigenvalue weighted by Gasteiger charge is -2.41. The second kappa shape index (κ2) is 10.6. The maximum atomic E-state index is 14.9. The van der Waals surface area contributed by atoms with Gasteiger partial charge in [-0.05, 0) is 24.4 Å². The van der Waals surface area contributed by atoms with Gasteiger partial charge < -0.3 is 29.3 Å². The van der Waals surface area contributed by atoms with Crippen LogP contribution < -0.4 is 5.32 Å². The third kappa shape index (κ3) is 5.10. The Kier molecular flexibility index (Phi) is 8.00. The van der Waals surface area contributed by atoms with Crippen molar-refractivity contribution in [3.05, 3.63) is 11.5 Å². The Balaban J connectivity index is 0.00000126. The van der Waals surface area contributed by atoms with Crippen molar-refractivity contribution < 1.29 is 28.4 Å². The topological polar surface area (TPSA) is 124 Å². The first-order valence-corrected chi connectivity index (χ1v) is 12.9. The predicted molar refractivity (Wildman–Crippen MR) is 122 cm³/mol. The third-order valence-electron chi connectivity index (χ3n) is 6.05. The molecule has 3 atom stereocenters. The third-order valence-corrected chi connectivity index (χ3v) is 7.34. The standard InChI is InChI=1S/C18H24ClFN5O5P.C2H6/c19-17-23-14(22-10-3-1-2-4-10)12-6-21-25(15(12)24-17)16-13(20)5-11(30-16)7-29-18(31(26)27)8-28-9-18;1-2/h6,10-11,13,16,26-27H,1-5,7-9H2,(H,22,23,24);1-2H3. The van der Waals surface area contributed by atoms with Crippen LogP contribution in [-0.4, -0.2) is 73.0 Å². The van der Waals surface area contributed by atoms with Crippen molar-refractivity contribution in [1.29, 1.82) is 0 Å². The van der Waals surface area contributed by atoms with Crippen LogP contribution in [0.15, 0.2) is 6.20 Å². The molecule has 5 rings (SSSR count). The van der Waals surface area contributed by atoms with Crippen LogP contribution in [-0.2, 0) is 14.2 Å². The summed E-state index contributed by atoms with van der Waals surface area (Å²) in [5.74, 6) is 0.590. The molecule has 2 aliphatic heterocycles. The minimum Gasteiger partial charge on any atom is -0.374 e. The summed E-state index contributed by atoms with van der Waals surface area (Å²) in [7, 11) is -2.33. The van der Waals surface area contributed by atoms with Crippen molar-refractivity contribution in [3.63, 3.8) is 0 Å². The van der Waals surface area contributed by atoms with Crippen molar-refractivity contribution in [2.45, 2.75) is 75.8 Å². The van der Waals surface area contributed by atoms with E-state index in [2.05, 4.69) is 20.4 Å². The summed E-state index contributed by atoms with van der Waals surface area (Å²) in [4.78, 5) is 27.7. The summed E-state index contributed by atoms with van der Waals surface area (Å²) in [6, 6.07) is 0.321. The zero-order valence-corrected chi connectivity index (χ0v) is 20.3. The van der Waals surface area contributed by atoms with Crippen LogP contribution in [0.25, 0.3) is 11.0 Å². The molecule has 0 amide bonds. The average molecular weight is 506 g/mol. The van der Waals surface area contributed by atoms with Gasteiger partial charge in [-0.2, -0.15) is 15.1 Å². The highest BCUT2D eigenvalue weighted by Gasteiger charge is 2.49. The highest BCUT2D eigenvalue weighted by Crippen LogP contribution is 2.48. The molecule has 3 N–H and O–H groups in total. The van der Waals surface area contributed by atoms with Crippen LogP contribution in [0.1, 0.15) is 52.2 Å². The molecule has 0 aromatic carbocycles. The summed E-state index contributed by atoms with van der Waals surface area (Å²) < 4.78 is 32.8. The monoisotopic (exact) mass is 505 g/mol. The molecule has 0 bridgehead atoms. The molecule has 0 radical (unpaired) electrons. The Morgan fingerprint density at radius 1 is 1.30 bits per heavy atom. The van der Waals surface area contributed by atoms with Crippen molar-refractivity contribution in [3.8, 4) is 0 Å². The Bertz CT molecular complexity index is 943. The van der Waals surface area contributed by atoms with E-state index in [0.29, 0.717) is 22.9 Å². The molecule has 3 fully saturated rings. The summed E-state index contributed by atoms with van der Waals surface area (Å²) in [5, 5.41) is 7.31. The number of nitrogens with one attached hydrogen (secondary N) is 1. The van der Waals surface area contributed by atoms with E-state index in [1.165, 1.54) is 17.5 Å². The summed E-state index contributed by atoms with van der Waals surface area (Å²) in [5.41, 5.74) is 0.396. The van der Waals surface area contributed by atoms with Gasteiger partial charge in [0.25, 0.3) is 0 Å². The van der Waals surface area contributed by atoms with Crippen LogP contribution in [0.5, 0.6) is 0 Å². The second-order valence-electron chi connectivity index (χ2n) is 8.23. The lowest BCUT2D eigenvalue weighted by molar-refractivity contribution is -0.181. The molecule has 10 nitrogen and oxygen atoms in total. The van der Waals surface area contributed by atoms with Gasteiger partial charge >= 0.3 is 0 Å². The Labute approximate surface area is 197 Å². The Morgan fingerprint density at radius 3 is 2.67 bits per heavy atom. The molecule has 2 aromatic rings. The number of aromatic nitrogens is 4. The van der Waals surface area contributed by atoms with Gasteiger partial charge in [-0.15, -0.1) is 0 Å². The quantitative estimate of drug-likeness (QED) is 0.383. The fraction of sp³-hybridized carbons (Fsp3) is 0.750. The van der Waals surface area contributed by atoms with E-state index < -0.39 is 32.2 Å². The van der Waals surface area contributed by atoms with E-state index in [4.69, 9.17) is 25.8 Å². The highest BCUT2D eigenvalue weighted by atomic mass is 35.5. The smallest absolute Gasteiger partial charge is 0.226 e. The molecule has 0 spiro atoms. The van der Waals surface area contributed by atoms with Gasteiger partial charge in [0, 0.05) is 12.5 Å². The number of hydrogen-bond acceptors (Lipinski definition) is 9. The number of rotatable bonds is 7. The van der Waals surface area contributed by atoms with Gasteiger partial charge in [0.05, 0.1) is 37.5 Å². The number of alkyl halides is 1. The van der Waals surface area contributed by atoms with E-state index in [-0.39, 0.29) is 31.5 Å². The van der Waals surface area contributed by atoms with Crippen LogP contribution >= 0.6 is 20.0 Å². The van der Waals surface area contributed by atoms with Gasteiger partial charge in [0.15, 0.2) is 17.2 Å². The molecule has 4 heterocycles. The van der Waals surface area contributed by atoms with Crippen LogP contribution in [0, 0.1) is 0 Å². The van der Waals surface area contributed by atoms with E-state index >= 15 is 0 Å². The molecule has 184 valence electrons. The van der Waals surface area contributed by atoms with Crippen LogP contribution in [0.4, 0.5) is 10.2 Å². The number of hydrogen-bond donors (Lipinski definition) is 3. The lowest BCUT2D eigenvalue weighted by atomic mass is 10.2. The van der Waals surface area contributed by atoms with Gasteiger partial charge in [0.2, 0.25) is 13.7 Å². The SMILES string of the molecule is CC.OP(O)C1(OCC2CC(F)C(n3ncc4c(NC5CCCC5)nc(Cl)nc43)O2)COC1. The average Bonchev–Trinajstić information content (AvgIpc) is 3.49. The number of anilines is 1. The minimum atomic E-state index is -2.33. The number of fused-ring (bicyclic) bond motifs is 1. The zero-order valence-electron chi connectivity index (χ0n) is 18.7. The Hall–Kier alpha value is -1.20. The maximum Gasteiger partial charge on any atom is 0.226 e. The van der Waals surface area contributed by atoms with Gasteiger partial charge in [0.1, 0.15) is 12.0 Å². The van der Waals surface area contributed by atoms with Crippen molar-refractivity contribution >= 4 is 36.8 Å². The van der Waals surface area contributed by atoms with E-state index in [1.54, 1.807) is 6.20 Å². The first-order valence-electron chi connectivity index (χ1n) is 11.3. The largest absolute Gasteiger partial charge is 0.374 e. The van der Waals surface area contributed by atoms with Gasteiger partial charge in [-0.3, -0.25) is 0 Å². The second-order valence-corrected chi connectivity index (χ2v) is 9.97.